The van der Waals surface area contributed by atoms with Crippen molar-refractivity contribution in [2.75, 3.05) is 0 Å². The molecule has 0 unspecified atom stereocenters. The van der Waals surface area contributed by atoms with Gasteiger partial charge in [0.1, 0.15) is 0 Å². The number of aromatic carboxylic acids is 1. The molecule has 2 nitrogen and oxygen atoms in total. The lowest BCUT2D eigenvalue weighted by Crippen LogP contribution is -2.17. The third kappa shape index (κ3) is 3.01. The predicted octanol–water partition coefficient (Wildman–Crippen LogP) is 5.51. The number of fused-ring (bicyclic) bond motifs is 1. The zero-order chi connectivity index (χ0) is 17.5. The number of carbonyl (C=O) groups is 1. The van der Waals surface area contributed by atoms with E-state index < -0.39 is 5.97 Å². The van der Waals surface area contributed by atoms with Crippen molar-refractivity contribution in [2.24, 2.45) is 0 Å². The normalized spacial score (nSPS) is 17.8. The van der Waals surface area contributed by atoms with Gasteiger partial charge >= 0.3 is 5.97 Å². The molecule has 2 heteroatoms. The summed E-state index contributed by atoms with van der Waals surface area (Å²) in [6.45, 7) is 9.28. The van der Waals surface area contributed by atoms with Gasteiger partial charge in [-0.05, 0) is 51.6 Å². The largest absolute Gasteiger partial charge is 0.478 e. The highest BCUT2D eigenvalue weighted by atomic mass is 16.4. The summed E-state index contributed by atoms with van der Waals surface area (Å²) in [5.74, 6) is -0.894. The number of carboxylic acid groups (broad SMARTS) is 1. The van der Waals surface area contributed by atoms with Crippen LogP contribution in [-0.2, 0) is 10.8 Å². The van der Waals surface area contributed by atoms with Crippen LogP contribution in [0.5, 0.6) is 0 Å². The second-order valence-electron chi connectivity index (χ2n) is 8.01. The van der Waals surface area contributed by atoms with Crippen LogP contribution in [0.25, 0.3) is 12.2 Å². The molecule has 124 valence electrons. The monoisotopic (exact) mass is 320 g/mol. The highest BCUT2D eigenvalue weighted by molar-refractivity contribution is 5.88. The van der Waals surface area contributed by atoms with E-state index in [0.717, 1.165) is 5.56 Å². The van der Waals surface area contributed by atoms with Gasteiger partial charge in [0, 0.05) is 0 Å². The van der Waals surface area contributed by atoms with Crippen LogP contribution >= 0.6 is 0 Å². The minimum Gasteiger partial charge on any atom is -0.478 e. The molecule has 0 saturated heterocycles. The molecular weight excluding hydrogens is 296 g/mol. The van der Waals surface area contributed by atoms with E-state index in [-0.39, 0.29) is 10.8 Å². The van der Waals surface area contributed by atoms with Gasteiger partial charge in [-0.2, -0.15) is 0 Å². The van der Waals surface area contributed by atoms with Crippen molar-refractivity contribution < 1.29 is 9.90 Å². The van der Waals surface area contributed by atoms with Gasteiger partial charge in [-0.3, -0.25) is 0 Å². The van der Waals surface area contributed by atoms with Crippen LogP contribution in [0.4, 0.5) is 0 Å². The Bertz CT molecular complexity index is 808. The van der Waals surface area contributed by atoms with E-state index in [1.807, 2.05) is 18.2 Å². The van der Waals surface area contributed by atoms with Crippen molar-refractivity contribution in [1.82, 2.24) is 0 Å². The maximum absolute atomic E-state index is 10.9. The fraction of sp³-hybridized carbons (Fsp3) is 0.318. The van der Waals surface area contributed by atoms with Crippen LogP contribution in [0.2, 0.25) is 0 Å². The highest BCUT2D eigenvalue weighted by Gasteiger charge is 2.41. The Morgan fingerprint density at radius 3 is 2.04 bits per heavy atom. The zero-order valence-corrected chi connectivity index (χ0v) is 14.8. The smallest absolute Gasteiger partial charge is 0.335 e. The van der Waals surface area contributed by atoms with Crippen LogP contribution < -0.4 is 0 Å². The van der Waals surface area contributed by atoms with E-state index in [0.29, 0.717) is 5.56 Å². The summed E-state index contributed by atoms with van der Waals surface area (Å²) in [5, 5.41) is 8.95. The Kier molecular flexibility index (Phi) is 3.87. The number of carboxylic acids is 1. The first-order valence-corrected chi connectivity index (χ1v) is 8.35. The van der Waals surface area contributed by atoms with Gasteiger partial charge in [0.05, 0.1) is 5.56 Å². The molecule has 0 aliphatic heterocycles. The molecule has 3 rings (SSSR count). The van der Waals surface area contributed by atoms with Crippen molar-refractivity contribution in [2.45, 2.75) is 44.9 Å². The molecule has 24 heavy (non-hydrogen) atoms. The average Bonchev–Trinajstić information content (AvgIpc) is 2.70. The van der Waals surface area contributed by atoms with Crippen LogP contribution in [0.3, 0.4) is 0 Å². The second kappa shape index (κ2) is 5.62. The first kappa shape index (κ1) is 16.5. The van der Waals surface area contributed by atoms with Crippen molar-refractivity contribution in [3.8, 4) is 0 Å². The number of rotatable bonds is 3. The van der Waals surface area contributed by atoms with Crippen molar-refractivity contribution in [3.05, 3.63) is 70.3 Å². The summed E-state index contributed by atoms with van der Waals surface area (Å²) in [6, 6.07) is 13.7. The quantitative estimate of drug-likeness (QED) is 0.757. The maximum Gasteiger partial charge on any atom is 0.335 e. The lowest BCUT2D eigenvalue weighted by molar-refractivity contribution is 0.0697. The van der Waals surface area contributed by atoms with E-state index in [9.17, 15) is 4.79 Å². The molecule has 1 N–H and O–H groups in total. The second-order valence-corrected chi connectivity index (χ2v) is 8.01. The predicted molar refractivity (Wildman–Crippen MR) is 99.4 cm³/mol. The molecule has 0 radical (unpaired) electrons. The first-order valence-electron chi connectivity index (χ1n) is 8.35. The molecule has 0 fully saturated rings. The van der Waals surface area contributed by atoms with Crippen LogP contribution in [-0.4, -0.2) is 11.1 Å². The van der Waals surface area contributed by atoms with Crippen LogP contribution in [0, 0.1) is 0 Å². The highest BCUT2D eigenvalue weighted by Crippen LogP contribution is 2.49. The minimum atomic E-state index is -0.894. The van der Waals surface area contributed by atoms with Crippen LogP contribution in [0.1, 0.15) is 66.7 Å². The molecule has 2 aromatic rings. The van der Waals surface area contributed by atoms with Crippen LogP contribution in [0.15, 0.2) is 42.5 Å². The Hall–Kier alpha value is -2.35. The van der Waals surface area contributed by atoms with Crippen molar-refractivity contribution in [3.63, 3.8) is 0 Å². The summed E-state index contributed by atoms with van der Waals surface area (Å²) in [4.78, 5) is 10.9. The van der Waals surface area contributed by atoms with E-state index in [1.165, 1.54) is 23.1 Å². The van der Waals surface area contributed by atoms with Gasteiger partial charge in [0.2, 0.25) is 0 Å². The summed E-state index contributed by atoms with van der Waals surface area (Å²) in [6.07, 6.45) is 5.29. The molecule has 0 amide bonds. The van der Waals surface area contributed by atoms with Gasteiger partial charge in [0.25, 0.3) is 0 Å². The standard InChI is InChI=1S/C22H24O2/c1-21(2)14-22(3,4)19-13-16(9-12-18(19)21)6-5-15-7-10-17(11-8-15)20(23)24/h5-13H,14H2,1-4H3,(H,23,24). The number of hydrogen-bond donors (Lipinski definition) is 1. The Morgan fingerprint density at radius 1 is 0.875 bits per heavy atom. The first-order chi connectivity index (χ1) is 11.2. The fourth-order valence-electron chi connectivity index (χ4n) is 4.04. The van der Waals surface area contributed by atoms with Crippen molar-refractivity contribution in [1.29, 1.82) is 0 Å². The molecule has 0 aromatic heterocycles. The third-order valence-corrected chi connectivity index (χ3v) is 5.01. The average molecular weight is 320 g/mol. The molecule has 0 atom stereocenters. The molecule has 2 aromatic carbocycles. The fourth-order valence-corrected chi connectivity index (χ4v) is 4.04. The van der Waals surface area contributed by atoms with Gasteiger partial charge in [0.15, 0.2) is 0 Å². The zero-order valence-electron chi connectivity index (χ0n) is 14.8. The van der Waals surface area contributed by atoms with Gasteiger partial charge in [-0.15, -0.1) is 0 Å². The molecule has 1 aliphatic carbocycles. The van der Waals surface area contributed by atoms with E-state index in [4.69, 9.17) is 5.11 Å². The Balaban J connectivity index is 1.88. The van der Waals surface area contributed by atoms with E-state index in [2.05, 4.69) is 52.0 Å². The number of hydrogen-bond acceptors (Lipinski definition) is 1. The van der Waals surface area contributed by atoms with Gasteiger partial charge < -0.3 is 5.11 Å². The maximum atomic E-state index is 10.9. The Morgan fingerprint density at radius 2 is 1.42 bits per heavy atom. The molecule has 0 bridgehead atoms. The lowest BCUT2D eigenvalue weighted by Gasteiger charge is -2.22. The van der Waals surface area contributed by atoms with Gasteiger partial charge in [-0.25, -0.2) is 4.79 Å². The summed E-state index contributed by atoms with van der Waals surface area (Å²) in [7, 11) is 0. The third-order valence-electron chi connectivity index (χ3n) is 5.01. The van der Waals surface area contributed by atoms with Gasteiger partial charge in [-0.1, -0.05) is 70.2 Å². The lowest BCUT2D eigenvalue weighted by atomic mass is 9.82. The van der Waals surface area contributed by atoms with E-state index >= 15 is 0 Å². The molecule has 0 spiro atoms. The summed E-state index contributed by atoms with van der Waals surface area (Å²) < 4.78 is 0. The Labute approximate surface area is 143 Å². The molecular formula is C22H24O2. The number of benzene rings is 2. The van der Waals surface area contributed by atoms with E-state index in [1.54, 1.807) is 12.1 Å². The topological polar surface area (TPSA) is 37.3 Å². The van der Waals surface area contributed by atoms with Crippen molar-refractivity contribution >= 4 is 18.1 Å². The summed E-state index contributed by atoms with van der Waals surface area (Å²) >= 11 is 0. The molecule has 0 heterocycles. The summed E-state index contributed by atoms with van der Waals surface area (Å²) in [5.41, 5.74) is 5.82. The SMILES string of the molecule is CC1(C)CC(C)(C)c2cc(C=Cc3ccc(C(=O)O)cc3)ccc21. The molecule has 1 aliphatic rings. The minimum absolute atomic E-state index is 0.200. The molecule has 0 saturated carbocycles.